The smallest absolute Gasteiger partial charge is 0.271 e. The summed E-state index contributed by atoms with van der Waals surface area (Å²) in [7, 11) is 1.23. The molecule has 0 radical (unpaired) electrons. The number of nitrogens with one attached hydrogen (secondary N) is 1. The molecule has 0 unspecified atom stereocenters. The van der Waals surface area contributed by atoms with Gasteiger partial charge in [0, 0.05) is 22.9 Å². The molecule has 1 N–H and O–H groups in total. The average molecular weight is 358 g/mol. The number of methoxy groups -OCH3 is 1. The minimum absolute atomic E-state index is 0.182. The van der Waals surface area contributed by atoms with E-state index in [4.69, 9.17) is 9.47 Å². The van der Waals surface area contributed by atoms with Gasteiger partial charge in [-0.25, -0.2) is 5.43 Å². The lowest BCUT2D eigenvalue weighted by Gasteiger charge is -2.12. The Morgan fingerprint density at radius 1 is 1.31 bits per heavy atom. The summed E-state index contributed by atoms with van der Waals surface area (Å²) in [6, 6.07) is 8.82. The summed E-state index contributed by atoms with van der Waals surface area (Å²) in [5, 5.41) is 26.4. The molecular formula is C17H16N3O6-. The molecule has 0 aliphatic carbocycles. The van der Waals surface area contributed by atoms with E-state index in [1.54, 1.807) is 24.3 Å². The van der Waals surface area contributed by atoms with Crippen molar-refractivity contribution in [2.45, 2.75) is 6.92 Å². The van der Waals surface area contributed by atoms with Crippen molar-refractivity contribution in [1.82, 2.24) is 5.43 Å². The van der Waals surface area contributed by atoms with E-state index in [0.29, 0.717) is 17.9 Å². The van der Waals surface area contributed by atoms with Crippen LogP contribution >= 0.6 is 0 Å². The Balaban J connectivity index is 2.11. The third-order valence-corrected chi connectivity index (χ3v) is 3.28. The fourth-order valence-electron chi connectivity index (χ4n) is 2.07. The fourth-order valence-corrected chi connectivity index (χ4v) is 2.07. The zero-order chi connectivity index (χ0) is 19.1. The molecular weight excluding hydrogens is 342 g/mol. The van der Waals surface area contributed by atoms with Gasteiger partial charge in [0.15, 0.2) is 0 Å². The van der Waals surface area contributed by atoms with Gasteiger partial charge in [0.1, 0.15) is 11.5 Å². The van der Waals surface area contributed by atoms with Crippen molar-refractivity contribution in [3.8, 4) is 17.2 Å². The standard InChI is InChI=1S/C17H17N3O6/c1-3-26-13-6-4-12(5-7-13)17(22)19-18-10-11-8-14(20(23)24)16(21)15(9-11)25-2/h4-10,21H,3H2,1-2H3,(H,19,22)/p-1/b18-10-. The van der Waals surface area contributed by atoms with Crippen LogP contribution in [0.5, 0.6) is 17.2 Å². The molecule has 0 spiro atoms. The van der Waals surface area contributed by atoms with Gasteiger partial charge in [-0.3, -0.25) is 14.9 Å². The Hall–Kier alpha value is -3.62. The van der Waals surface area contributed by atoms with Crippen molar-refractivity contribution >= 4 is 17.8 Å². The molecule has 0 aliphatic heterocycles. The zero-order valence-electron chi connectivity index (χ0n) is 14.1. The second kappa shape index (κ2) is 8.47. The highest BCUT2D eigenvalue weighted by Gasteiger charge is 2.13. The van der Waals surface area contributed by atoms with Crippen LogP contribution in [-0.4, -0.2) is 30.8 Å². The quantitative estimate of drug-likeness (QED) is 0.457. The number of rotatable bonds is 7. The predicted octanol–water partition coefficient (Wildman–Crippen LogP) is 1.84. The van der Waals surface area contributed by atoms with Gasteiger partial charge in [-0.15, -0.1) is 0 Å². The molecule has 0 atom stereocenters. The van der Waals surface area contributed by atoms with E-state index in [0.717, 1.165) is 6.07 Å². The Morgan fingerprint density at radius 2 is 2.00 bits per heavy atom. The van der Waals surface area contributed by atoms with Gasteiger partial charge in [0.05, 0.1) is 24.9 Å². The first-order valence-corrected chi connectivity index (χ1v) is 7.56. The van der Waals surface area contributed by atoms with Crippen LogP contribution in [0.2, 0.25) is 0 Å². The van der Waals surface area contributed by atoms with Crippen molar-refractivity contribution in [2.24, 2.45) is 5.10 Å². The van der Waals surface area contributed by atoms with Crippen LogP contribution in [0.15, 0.2) is 41.5 Å². The second-order valence-electron chi connectivity index (χ2n) is 4.99. The summed E-state index contributed by atoms with van der Waals surface area (Å²) in [5.74, 6) is -0.831. The van der Waals surface area contributed by atoms with Crippen molar-refractivity contribution in [3.63, 3.8) is 0 Å². The molecule has 0 saturated heterocycles. The zero-order valence-corrected chi connectivity index (χ0v) is 14.1. The Labute approximate surface area is 149 Å². The molecule has 136 valence electrons. The molecule has 9 nitrogen and oxygen atoms in total. The van der Waals surface area contributed by atoms with Crippen LogP contribution in [0.4, 0.5) is 5.69 Å². The maximum absolute atomic E-state index is 12.0. The summed E-state index contributed by atoms with van der Waals surface area (Å²) in [4.78, 5) is 22.1. The molecule has 2 rings (SSSR count). The lowest BCUT2D eigenvalue weighted by Crippen LogP contribution is -2.17. The van der Waals surface area contributed by atoms with Gasteiger partial charge >= 0.3 is 0 Å². The Kier molecular flexibility index (Phi) is 6.10. The molecule has 0 aliphatic rings. The summed E-state index contributed by atoms with van der Waals surface area (Å²) >= 11 is 0. The van der Waals surface area contributed by atoms with Gasteiger partial charge in [-0.2, -0.15) is 5.10 Å². The third-order valence-electron chi connectivity index (χ3n) is 3.28. The summed E-state index contributed by atoms with van der Waals surface area (Å²) < 4.78 is 10.1. The van der Waals surface area contributed by atoms with E-state index in [1.165, 1.54) is 19.4 Å². The lowest BCUT2D eigenvalue weighted by atomic mass is 10.2. The van der Waals surface area contributed by atoms with Crippen LogP contribution in [-0.2, 0) is 0 Å². The lowest BCUT2D eigenvalue weighted by molar-refractivity contribution is -0.398. The summed E-state index contributed by atoms with van der Waals surface area (Å²) in [5.41, 5.74) is 2.27. The van der Waals surface area contributed by atoms with Gasteiger partial charge in [0.25, 0.3) is 11.6 Å². The number of carbonyl (C=O) groups is 1. The topological polar surface area (TPSA) is 126 Å². The van der Waals surface area contributed by atoms with Crippen molar-refractivity contribution in [1.29, 1.82) is 0 Å². The maximum Gasteiger partial charge on any atom is 0.271 e. The first-order chi connectivity index (χ1) is 12.5. The molecule has 0 bridgehead atoms. The van der Waals surface area contributed by atoms with Crippen LogP contribution in [0.25, 0.3) is 0 Å². The first kappa shape index (κ1) is 18.7. The van der Waals surface area contributed by atoms with Gasteiger partial charge in [-0.1, -0.05) is 0 Å². The third kappa shape index (κ3) is 4.47. The minimum atomic E-state index is -0.826. The summed E-state index contributed by atoms with van der Waals surface area (Å²) in [6.45, 7) is 2.38. The number of hydrogen-bond donors (Lipinski definition) is 1. The monoisotopic (exact) mass is 358 g/mol. The van der Waals surface area contributed by atoms with Crippen LogP contribution in [0, 0.1) is 10.1 Å². The Bertz CT molecular complexity index is 833. The highest BCUT2D eigenvalue weighted by molar-refractivity contribution is 5.95. The summed E-state index contributed by atoms with van der Waals surface area (Å²) in [6.07, 6.45) is 1.18. The number of hydrazone groups is 1. The Morgan fingerprint density at radius 3 is 2.58 bits per heavy atom. The SMILES string of the molecule is CCOc1ccc(C(=O)N/N=C\c2cc(OC)c([O-])c([N+](=O)[O-])c2)cc1. The van der Waals surface area contributed by atoms with E-state index in [-0.39, 0.29) is 11.3 Å². The number of hydrogen-bond acceptors (Lipinski definition) is 7. The van der Waals surface area contributed by atoms with Crippen molar-refractivity contribution in [2.75, 3.05) is 13.7 Å². The fraction of sp³-hybridized carbons (Fsp3) is 0.176. The molecule has 2 aromatic rings. The first-order valence-electron chi connectivity index (χ1n) is 7.56. The van der Waals surface area contributed by atoms with Crippen LogP contribution in [0.1, 0.15) is 22.8 Å². The van der Waals surface area contributed by atoms with Crippen molar-refractivity contribution in [3.05, 3.63) is 57.6 Å². The number of carbonyl (C=O) groups excluding carboxylic acids is 1. The highest BCUT2D eigenvalue weighted by Crippen LogP contribution is 2.33. The van der Waals surface area contributed by atoms with E-state index < -0.39 is 22.3 Å². The van der Waals surface area contributed by atoms with E-state index in [2.05, 4.69) is 10.5 Å². The number of benzene rings is 2. The molecule has 2 aromatic carbocycles. The van der Waals surface area contributed by atoms with Crippen molar-refractivity contribution < 1.29 is 24.3 Å². The molecule has 9 heteroatoms. The maximum atomic E-state index is 12.0. The van der Waals surface area contributed by atoms with Gasteiger partial charge < -0.3 is 14.6 Å². The average Bonchev–Trinajstić information content (AvgIpc) is 2.63. The van der Waals surface area contributed by atoms with Crippen LogP contribution < -0.4 is 20.0 Å². The molecule has 0 saturated carbocycles. The number of amides is 1. The number of nitro groups is 1. The molecule has 1 amide bonds. The van der Waals surface area contributed by atoms with E-state index in [9.17, 15) is 20.0 Å². The molecule has 26 heavy (non-hydrogen) atoms. The van der Waals surface area contributed by atoms with E-state index >= 15 is 0 Å². The van der Waals surface area contributed by atoms with Crippen LogP contribution in [0.3, 0.4) is 0 Å². The van der Waals surface area contributed by atoms with E-state index in [1.807, 2.05) is 6.92 Å². The number of nitrogens with zero attached hydrogens (tertiary/aromatic N) is 2. The van der Waals surface area contributed by atoms with Gasteiger partial charge in [-0.05, 0) is 37.3 Å². The second-order valence-corrected chi connectivity index (χ2v) is 4.99. The minimum Gasteiger partial charge on any atom is -0.865 e. The largest absolute Gasteiger partial charge is 0.865 e. The number of nitro benzene ring substituents is 1. The normalized spacial score (nSPS) is 10.5. The predicted molar refractivity (Wildman–Crippen MR) is 91.8 cm³/mol. The highest BCUT2D eigenvalue weighted by atomic mass is 16.6. The van der Waals surface area contributed by atoms with Gasteiger partial charge in [0.2, 0.25) is 0 Å². The molecule has 0 fully saturated rings. The molecule has 0 aromatic heterocycles. The number of ether oxygens (including phenoxy) is 2. The molecule has 0 heterocycles.